The van der Waals surface area contributed by atoms with E-state index in [1.54, 1.807) is 0 Å². The van der Waals surface area contributed by atoms with Gasteiger partial charge in [-0.2, -0.15) is 0 Å². The summed E-state index contributed by atoms with van der Waals surface area (Å²) in [6.07, 6.45) is 7.07. The Hall–Kier alpha value is -1.88. The molecule has 1 aromatic rings. The fourth-order valence-corrected chi connectivity index (χ4v) is 7.19. The van der Waals surface area contributed by atoms with Gasteiger partial charge >= 0.3 is 0 Å². The van der Waals surface area contributed by atoms with Gasteiger partial charge in [0.25, 0.3) is 0 Å². The van der Waals surface area contributed by atoms with Crippen LogP contribution in [0.4, 0.5) is 0 Å². The number of nitrogens with one attached hydrogen (secondary N) is 1. The third-order valence-electron chi connectivity index (χ3n) is 8.29. The van der Waals surface area contributed by atoms with Gasteiger partial charge in [0.1, 0.15) is 6.04 Å². The van der Waals surface area contributed by atoms with Crippen molar-refractivity contribution in [1.82, 2.24) is 15.1 Å². The summed E-state index contributed by atoms with van der Waals surface area (Å²) in [5, 5.41) is 3.17. The summed E-state index contributed by atoms with van der Waals surface area (Å²) < 4.78 is 0. The molecular formula is C25H35N3O2. The summed E-state index contributed by atoms with van der Waals surface area (Å²) in [6.45, 7) is 4.27. The first kappa shape index (κ1) is 20.0. The van der Waals surface area contributed by atoms with E-state index < -0.39 is 6.04 Å². The van der Waals surface area contributed by atoms with E-state index in [2.05, 4.69) is 29.4 Å². The summed E-state index contributed by atoms with van der Waals surface area (Å²) in [4.78, 5) is 31.1. The Morgan fingerprint density at radius 2 is 1.60 bits per heavy atom. The lowest BCUT2D eigenvalue weighted by atomic mass is 9.49. The Balaban J connectivity index is 1.29. The molecule has 2 amide bonds. The van der Waals surface area contributed by atoms with Crippen LogP contribution in [0.5, 0.6) is 0 Å². The topological polar surface area (TPSA) is 52.7 Å². The molecule has 5 aliphatic rings. The van der Waals surface area contributed by atoms with Crippen LogP contribution in [0.2, 0.25) is 0 Å². The Labute approximate surface area is 180 Å². The molecule has 4 aliphatic carbocycles. The lowest BCUT2D eigenvalue weighted by Gasteiger charge is -2.55. The van der Waals surface area contributed by atoms with Gasteiger partial charge in [0.15, 0.2) is 0 Å². The van der Waals surface area contributed by atoms with Gasteiger partial charge in [-0.05, 0) is 75.8 Å². The fraction of sp³-hybridized carbons (Fsp3) is 0.680. The molecule has 0 radical (unpaired) electrons. The zero-order valence-electron chi connectivity index (χ0n) is 18.3. The second kappa shape index (κ2) is 7.67. The van der Waals surface area contributed by atoms with E-state index >= 15 is 0 Å². The van der Waals surface area contributed by atoms with Crippen LogP contribution in [0.1, 0.15) is 57.1 Å². The highest BCUT2D eigenvalue weighted by Crippen LogP contribution is 2.60. The van der Waals surface area contributed by atoms with Crippen LogP contribution < -0.4 is 5.32 Å². The zero-order valence-corrected chi connectivity index (χ0v) is 18.3. The van der Waals surface area contributed by atoms with E-state index in [1.165, 1.54) is 19.3 Å². The highest BCUT2D eigenvalue weighted by molar-refractivity contribution is 5.90. The molecule has 2 unspecified atom stereocenters. The van der Waals surface area contributed by atoms with Crippen molar-refractivity contribution in [2.45, 2.75) is 57.5 Å². The van der Waals surface area contributed by atoms with Crippen molar-refractivity contribution in [3.63, 3.8) is 0 Å². The fourth-order valence-electron chi connectivity index (χ4n) is 7.19. The van der Waals surface area contributed by atoms with Crippen molar-refractivity contribution in [2.24, 2.45) is 23.2 Å². The maximum Gasteiger partial charge on any atom is 0.245 e. The molecule has 0 spiro atoms. The Kier molecular flexibility index (Phi) is 5.12. The molecule has 162 valence electrons. The third kappa shape index (κ3) is 3.55. The largest absolute Gasteiger partial charge is 0.344 e. The Morgan fingerprint density at radius 1 is 1.00 bits per heavy atom. The molecule has 2 atom stereocenters. The number of hydrogen-bond acceptors (Lipinski definition) is 3. The van der Waals surface area contributed by atoms with Crippen LogP contribution in [0.3, 0.4) is 0 Å². The van der Waals surface area contributed by atoms with Crippen molar-refractivity contribution < 1.29 is 9.59 Å². The van der Waals surface area contributed by atoms with Crippen molar-refractivity contribution in [2.75, 3.05) is 26.7 Å². The molecule has 30 heavy (non-hydrogen) atoms. The smallest absolute Gasteiger partial charge is 0.245 e. The number of carbonyl (C=O) groups excluding carboxylic acids is 2. The molecule has 5 heteroatoms. The van der Waals surface area contributed by atoms with Crippen LogP contribution >= 0.6 is 0 Å². The van der Waals surface area contributed by atoms with E-state index in [1.807, 2.05) is 30.0 Å². The monoisotopic (exact) mass is 409 g/mol. The zero-order chi connectivity index (χ0) is 20.9. The van der Waals surface area contributed by atoms with Gasteiger partial charge in [-0.15, -0.1) is 0 Å². The highest BCUT2D eigenvalue weighted by Gasteiger charge is 2.55. The van der Waals surface area contributed by atoms with Crippen LogP contribution in [-0.2, 0) is 9.59 Å². The molecule has 4 saturated carbocycles. The van der Waals surface area contributed by atoms with Crippen molar-refractivity contribution in [3.8, 4) is 0 Å². The maximum atomic E-state index is 13.4. The predicted molar refractivity (Wildman–Crippen MR) is 117 cm³/mol. The number of benzene rings is 1. The Morgan fingerprint density at radius 3 is 2.20 bits per heavy atom. The molecule has 5 fully saturated rings. The van der Waals surface area contributed by atoms with Crippen LogP contribution in [0, 0.1) is 23.2 Å². The van der Waals surface area contributed by atoms with E-state index in [9.17, 15) is 9.59 Å². The molecule has 1 aromatic carbocycles. The summed E-state index contributed by atoms with van der Waals surface area (Å²) in [6, 6.07) is 9.84. The second-order valence-electron chi connectivity index (χ2n) is 10.6. The van der Waals surface area contributed by atoms with Crippen LogP contribution in [0.25, 0.3) is 0 Å². The first-order valence-electron chi connectivity index (χ1n) is 11.8. The lowest BCUT2D eigenvalue weighted by molar-refractivity contribution is -0.150. The molecule has 4 bridgehead atoms. The molecule has 1 saturated heterocycles. The summed E-state index contributed by atoms with van der Waals surface area (Å²) in [5.41, 5.74) is 0.960. The van der Waals surface area contributed by atoms with Crippen molar-refractivity contribution >= 4 is 11.8 Å². The standard InChI is InChI=1S/C25H35N3O2/c1-17(26-24(30)25-13-18-10-19(14-25)12-20(11-18)15-25)23(29)28-9-8-27(2)16-22(28)21-6-4-3-5-7-21/h3-7,17-20,22H,8-16H2,1-2H3,(H,26,30). The minimum Gasteiger partial charge on any atom is -0.344 e. The van der Waals surface area contributed by atoms with E-state index in [0.717, 1.165) is 55.7 Å². The van der Waals surface area contributed by atoms with Crippen molar-refractivity contribution in [3.05, 3.63) is 35.9 Å². The van der Waals surface area contributed by atoms with Gasteiger partial charge in [0.05, 0.1) is 6.04 Å². The third-order valence-corrected chi connectivity index (χ3v) is 8.29. The molecule has 0 aromatic heterocycles. The molecular weight excluding hydrogens is 374 g/mol. The first-order chi connectivity index (χ1) is 14.4. The van der Waals surface area contributed by atoms with Crippen LogP contribution in [-0.4, -0.2) is 54.3 Å². The Bertz CT molecular complexity index is 773. The number of likely N-dealkylation sites (N-methyl/N-ethyl adjacent to an activating group) is 1. The minimum atomic E-state index is -0.472. The van der Waals surface area contributed by atoms with Gasteiger partial charge < -0.3 is 15.1 Å². The van der Waals surface area contributed by atoms with Gasteiger partial charge in [-0.3, -0.25) is 9.59 Å². The molecule has 1 aliphatic heterocycles. The molecule has 1 N–H and O–H groups in total. The number of hydrogen-bond donors (Lipinski definition) is 1. The molecule has 5 nitrogen and oxygen atoms in total. The van der Waals surface area contributed by atoms with E-state index in [4.69, 9.17) is 0 Å². The SMILES string of the molecule is CC(NC(=O)C12CC3CC(CC(C3)C1)C2)C(=O)N1CCN(C)CC1c1ccccc1. The van der Waals surface area contributed by atoms with Crippen molar-refractivity contribution in [1.29, 1.82) is 0 Å². The first-order valence-corrected chi connectivity index (χ1v) is 11.8. The van der Waals surface area contributed by atoms with Gasteiger partial charge in [0, 0.05) is 25.0 Å². The van der Waals surface area contributed by atoms with Gasteiger partial charge in [-0.25, -0.2) is 0 Å². The second-order valence-corrected chi connectivity index (χ2v) is 10.6. The maximum absolute atomic E-state index is 13.4. The predicted octanol–water partition coefficient (Wildman–Crippen LogP) is 3.22. The number of nitrogens with zero attached hydrogens (tertiary/aromatic N) is 2. The summed E-state index contributed by atoms with van der Waals surface area (Å²) in [5.74, 6) is 2.39. The van der Waals surface area contributed by atoms with Crippen LogP contribution in [0.15, 0.2) is 30.3 Å². The average molecular weight is 410 g/mol. The summed E-state index contributed by atoms with van der Waals surface area (Å²) >= 11 is 0. The number of amides is 2. The van der Waals surface area contributed by atoms with Gasteiger partial charge in [0.2, 0.25) is 11.8 Å². The quantitative estimate of drug-likeness (QED) is 0.831. The van der Waals surface area contributed by atoms with E-state index in [0.29, 0.717) is 6.54 Å². The summed E-state index contributed by atoms with van der Waals surface area (Å²) in [7, 11) is 2.11. The molecule has 1 heterocycles. The minimum absolute atomic E-state index is 0.0383. The average Bonchev–Trinajstić information content (AvgIpc) is 2.73. The number of carbonyl (C=O) groups is 2. The normalized spacial score (nSPS) is 36.5. The molecule has 6 rings (SSSR count). The highest BCUT2D eigenvalue weighted by atomic mass is 16.2. The van der Waals surface area contributed by atoms with Gasteiger partial charge in [-0.1, -0.05) is 30.3 Å². The lowest BCUT2D eigenvalue weighted by Crippen LogP contribution is -2.58. The number of rotatable bonds is 4. The number of piperazine rings is 1. The van der Waals surface area contributed by atoms with E-state index in [-0.39, 0.29) is 23.3 Å².